The number of anilines is 1. The molecule has 170 valence electrons. The molecule has 0 saturated carbocycles. The number of carbonyl (C=O) groups excluding carboxylic acids is 1. The van der Waals surface area contributed by atoms with E-state index in [2.05, 4.69) is 19.4 Å². The molecule has 12 nitrogen and oxygen atoms in total. The number of rotatable bonds is 7. The van der Waals surface area contributed by atoms with E-state index < -0.39 is 60.9 Å². The number of urea groups is 1. The standard InChI is InChI=1S/C14H13F3N4O8S2/c1-28-10-6-11(29-14(15,16)17)19-12(18-10)20-13(22)21-31(26,27)9-5-3-2-4-8(9)7-30(23,24)25/h2-6H,7H2,1H3,(H,23,24,25)(H2,18,19,20,21,22). The van der Waals surface area contributed by atoms with Crippen molar-refractivity contribution in [3.63, 3.8) is 0 Å². The maximum atomic E-state index is 12.4. The summed E-state index contributed by atoms with van der Waals surface area (Å²) in [5.74, 6) is -3.33. The van der Waals surface area contributed by atoms with Crippen LogP contribution in [-0.2, 0) is 25.9 Å². The van der Waals surface area contributed by atoms with Crippen LogP contribution in [0.3, 0.4) is 0 Å². The molecule has 0 fully saturated rings. The Kier molecular flexibility index (Phi) is 6.92. The largest absolute Gasteiger partial charge is 0.574 e. The lowest BCUT2D eigenvalue weighted by Crippen LogP contribution is -2.35. The molecule has 0 aliphatic carbocycles. The first-order valence-corrected chi connectivity index (χ1v) is 10.8. The van der Waals surface area contributed by atoms with E-state index >= 15 is 0 Å². The summed E-state index contributed by atoms with van der Waals surface area (Å²) in [4.78, 5) is 18.2. The second-order valence-corrected chi connectivity index (χ2v) is 8.62. The number of halogens is 3. The van der Waals surface area contributed by atoms with Gasteiger partial charge < -0.3 is 9.47 Å². The van der Waals surface area contributed by atoms with Crippen molar-refractivity contribution >= 4 is 32.1 Å². The number of benzene rings is 1. The lowest BCUT2D eigenvalue weighted by Gasteiger charge is -2.12. The molecule has 3 N–H and O–H groups in total. The number of nitrogens with zero attached hydrogens (tertiary/aromatic N) is 2. The number of hydrogen-bond donors (Lipinski definition) is 3. The van der Waals surface area contributed by atoms with Gasteiger partial charge in [0.2, 0.25) is 17.7 Å². The van der Waals surface area contributed by atoms with E-state index in [4.69, 9.17) is 4.55 Å². The Bertz CT molecular complexity index is 1190. The van der Waals surface area contributed by atoms with Crippen LogP contribution in [-0.4, -0.2) is 50.9 Å². The third-order valence-electron chi connectivity index (χ3n) is 3.16. The number of methoxy groups -OCH3 is 1. The molecule has 2 aromatic rings. The summed E-state index contributed by atoms with van der Waals surface area (Å²) < 4.78 is 103. The van der Waals surface area contributed by atoms with Gasteiger partial charge in [-0.25, -0.2) is 17.9 Å². The normalized spacial score (nSPS) is 12.2. The highest BCUT2D eigenvalue weighted by Crippen LogP contribution is 2.25. The average Bonchev–Trinajstić information content (AvgIpc) is 2.58. The van der Waals surface area contributed by atoms with Gasteiger partial charge in [-0.2, -0.15) is 18.4 Å². The van der Waals surface area contributed by atoms with Gasteiger partial charge in [0, 0.05) is 0 Å². The molecule has 0 aliphatic rings. The zero-order chi connectivity index (χ0) is 23.4. The number of hydrogen-bond acceptors (Lipinski definition) is 9. The number of nitrogens with one attached hydrogen (secondary N) is 2. The molecule has 0 saturated heterocycles. The first-order valence-electron chi connectivity index (χ1n) is 7.74. The zero-order valence-corrected chi connectivity index (χ0v) is 16.9. The van der Waals surface area contributed by atoms with Gasteiger partial charge in [0.1, 0.15) is 5.75 Å². The van der Waals surface area contributed by atoms with Gasteiger partial charge in [-0.3, -0.25) is 9.87 Å². The van der Waals surface area contributed by atoms with E-state index in [1.165, 1.54) is 16.9 Å². The Labute approximate surface area is 173 Å². The minimum absolute atomic E-state index is 0.344. The molecule has 0 unspecified atom stereocenters. The van der Waals surface area contributed by atoms with Gasteiger partial charge in [0.05, 0.1) is 18.1 Å². The van der Waals surface area contributed by atoms with Crippen molar-refractivity contribution in [2.45, 2.75) is 17.0 Å². The van der Waals surface area contributed by atoms with Crippen molar-refractivity contribution in [1.82, 2.24) is 14.7 Å². The predicted molar refractivity (Wildman–Crippen MR) is 96.3 cm³/mol. The molecule has 0 spiro atoms. The van der Waals surface area contributed by atoms with Crippen LogP contribution in [0.25, 0.3) is 0 Å². The fraction of sp³-hybridized carbons (Fsp3) is 0.214. The smallest absolute Gasteiger partial charge is 0.481 e. The summed E-state index contributed by atoms with van der Waals surface area (Å²) in [7, 11) is -8.21. The molecule has 31 heavy (non-hydrogen) atoms. The van der Waals surface area contributed by atoms with Crippen LogP contribution in [0.15, 0.2) is 35.2 Å². The first-order chi connectivity index (χ1) is 14.2. The second-order valence-electron chi connectivity index (χ2n) is 5.51. The minimum atomic E-state index is -5.11. The maximum absolute atomic E-state index is 12.4. The van der Waals surface area contributed by atoms with Crippen molar-refractivity contribution in [2.24, 2.45) is 0 Å². The number of sulfonamides is 1. The molecule has 0 bridgehead atoms. The Morgan fingerprint density at radius 2 is 1.74 bits per heavy atom. The van der Waals surface area contributed by atoms with E-state index in [0.29, 0.717) is 6.07 Å². The molecular formula is C14H13F3N4O8S2. The van der Waals surface area contributed by atoms with Crippen molar-refractivity contribution in [3.05, 3.63) is 35.9 Å². The number of carbonyl (C=O) groups is 1. The average molecular weight is 486 g/mol. The monoisotopic (exact) mass is 486 g/mol. The molecule has 1 aromatic heterocycles. The third-order valence-corrected chi connectivity index (χ3v) is 5.27. The van der Waals surface area contributed by atoms with Crippen molar-refractivity contribution in [1.29, 1.82) is 0 Å². The lowest BCUT2D eigenvalue weighted by molar-refractivity contribution is -0.276. The van der Waals surface area contributed by atoms with E-state index in [0.717, 1.165) is 19.2 Å². The van der Waals surface area contributed by atoms with Crippen LogP contribution in [0.1, 0.15) is 5.56 Å². The molecule has 2 amide bonds. The summed E-state index contributed by atoms with van der Waals surface area (Å²) >= 11 is 0. The SMILES string of the molecule is COc1cc(OC(F)(F)F)nc(NC(=O)NS(=O)(=O)c2ccccc2CS(=O)(=O)O)n1. The van der Waals surface area contributed by atoms with Gasteiger partial charge in [0.15, 0.2) is 0 Å². The van der Waals surface area contributed by atoms with Gasteiger partial charge >= 0.3 is 12.4 Å². The summed E-state index contributed by atoms with van der Waals surface area (Å²) in [5.41, 5.74) is -0.344. The zero-order valence-electron chi connectivity index (χ0n) is 15.2. The van der Waals surface area contributed by atoms with Crippen LogP contribution >= 0.6 is 0 Å². The first kappa shape index (κ1) is 24.1. The maximum Gasteiger partial charge on any atom is 0.574 e. The van der Waals surface area contributed by atoms with Crippen LogP contribution in [0, 0.1) is 0 Å². The van der Waals surface area contributed by atoms with E-state index in [1.54, 1.807) is 5.32 Å². The molecule has 1 aromatic carbocycles. The van der Waals surface area contributed by atoms with E-state index in [1.807, 2.05) is 0 Å². The molecular weight excluding hydrogens is 473 g/mol. The van der Waals surface area contributed by atoms with Crippen molar-refractivity contribution < 1.29 is 48.8 Å². The van der Waals surface area contributed by atoms with Crippen molar-refractivity contribution in [2.75, 3.05) is 12.4 Å². The van der Waals surface area contributed by atoms with E-state index in [-0.39, 0.29) is 5.56 Å². The molecule has 1 heterocycles. The van der Waals surface area contributed by atoms with Crippen LogP contribution < -0.4 is 19.5 Å². The van der Waals surface area contributed by atoms with Gasteiger partial charge in [0.25, 0.3) is 20.1 Å². The van der Waals surface area contributed by atoms with Crippen LogP contribution in [0.4, 0.5) is 23.9 Å². The van der Waals surface area contributed by atoms with Crippen LogP contribution in [0.2, 0.25) is 0 Å². The Morgan fingerprint density at radius 3 is 2.32 bits per heavy atom. The third kappa shape index (κ3) is 7.54. The minimum Gasteiger partial charge on any atom is -0.481 e. The summed E-state index contributed by atoms with van der Waals surface area (Å²) in [5, 5.41) is 1.79. The Balaban J connectivity index is 2.26. The highest BCUT2D eigenvalue weighted by Gasteiger charge is 2.32. The molecule has 0 radical (unpaired) electrons. The number of aromatic nitrogens is 2. The van der Waals surface area contributed by atoms with E-state index in [9.17, 15) is 34.8 Å². The quantitative estimate of drug-likeness (QED) is 0.484. The fourth-order valence-electron chi connectivity index (χ4n) is 2.12. The second kappa shape index (κ2) is 8.90. The van der Waals surface area contributed by atoms with Gasteiger partial charge in [-0.1, -0.05) is 18.2 Å². The highest BCUT2D eigenvalue weighted by atomic mass is 32.2. The Hall–Kier alpha value is -3.18. The van der Waals surface area contributed by atoms with Crippen molar-refractivity contribution in [3.8, 4) is 11.8 Å². The number of ether oxygens (including phenoxy) is 2. The summed E-state index contributed by atoms with van der Waals surface area (Å²) in [6, 6.07) is 3.75. The summed E-state index contributed by atoms with van der Waals surface area (Å²) in [6.45, 7) is 0. The number of alkyl halides is 3. The summed E-state index contributed by atoms with van der Waals surface area (Å²) in [6.07, 6.45) is -5.11. The highest BCUT2D eigenvalue weighted by molar-refractivity contribution is 7.90. The molecule has 2 rings (SSSR count). The molecule has 0 atom stereocenters. The lowest BCUT2D eigenvalue weighted by atomic mass is 10.2. The van der Waals surface area contributed by atoms with Crippen LogP contribution in [0.5, 0.6) is 11.8 Å². The van der Waals surface area contributed by atoms with Gasteiger partial charge in [-0.15, -0.1) is 13.2 Å². The Morgan fingerprint density at radius 1 is 1.13 bits per heavy atom. The fourth-order valence-corrected chi connectivity index (χ4v) is 4.01. The van der Waals surface area contributed by atoms with Gasteiger partial charge in [-0.05, 0) is 11.6 Å². The predicted octanol–water partition coefficient (Wildman–Crippen LogP) is 1.28. The number of amides is 2. The molecule has 0 aliphatic heterocycles. The molecule has 17 heteroatoms. The topological polar surface area (TPSA) is 174 Å².